The second kappa shape index (κ2) is 6.07. The Balaban J connectivity index is 3.08. The van der Waals surface area contributed by atoms with E-state index in [1.54, 1.807) is 20.3 Å². The van der Waals surface area contributed by atoms with Crippen LogP contribution in [0.1, 0.15) is 12.5 Å². The van der Waals surface area contributed by atoms with Gasteiger partial charge in [0.15, 0.2) is 0 Å². The van der Waals surface area contributed by atoms with E-state index < -0.39 is 0 Å². The van der Waals surface area contributed by atoms with Crippen LogP contribution in [-0.4, -0.2) is 19.2 Å². The molecule has 0 aliphatic carbocycles. The van der Waals surface area contributed by atoms with E-state index in [9.17, 15) is 0 Å². The number of rotatable bonds is 5. The molecule has 0 aromatic heterocycles. The SMILES string of the molecule is COc1cc(CC(C)C(N)=S)c(OC)cc1Cl. The number of thiocarbonyl (C=S) groups is 1. The van der Waals surface area contributed by atoms with Crippen molar-refractivity contribution in [1.82, 2.24) is 0 Å². The molecule has 0 saturated heterocycles. The molecule has 1 rings (SSSR count). The highest BCUT2D eigenvalue weighted by atomic mass is 35.5. The Kier molecular flexibility index (Phi) is 5.02. The van der Waals surface area contributed by atoms with Crippen molar-refractivity contribution in [3.8, 4) is 11.5 Å². The number of benzene rings is 1. The van der Waals surface area contributed by atoms with E-state index in [1.165, 1.54) is 0 Å². The lowest BCUT2D eigenvalue weighted by atomic mass is 10.00. The smallest absolute Gasteiger partial charge is 0.137 e. The van der Waals surface area contributed by atoms with Gasteiger partial charge >= 0.3 is 0 Å². The fourth-order valence-electron chi connectivity index (χ4n) is 1.51. The zero-order valence-corrected chi connectivity index (χ0v) is 11.7. The topological polar surface area (TPSA) is 44.5 Å². The minimum absolute atomic E-state index is 0.102. The van der Waals surface area contributed by atoms with Crippen LogP contribution in [0.2, 0.25) is 5.02 Å². The number of hydrogen-bond acceptors (Lipinski definition) is 3. The van der Waals surface area contributed by atoms with Gasteiger partial charge in [0.1, 0.15) is 11.5 Å². The highest BCUT2D eigenvalue weighted by Gasteiger charge is 2.14. The maximum atomic E-state index is 6.02. The van der Waals surface area contributed by atoms with Gasteiger partial charge in [-0.1, -0.05) is 30.7 Å². The first kappa shape index (κ1) is 14.1. The standard InChI is InChI=1S/C12H16ClNO2S/c1-7(12(14)17)4-8-5-11(16-3)9(13)6-10(8)15-2/h5-7H,4H2,1-3H3,(H2,14,17). The fourth-order valence-corrected chi connectivity index (χ4v) is 1.83. The molecular weight excluding hydrogens is 258 g/mol. The molecule has 0 saturated carbocycles. The third-order valence-corrected chi connectivity index (χ3v) is 3.26. The van der Waals surface area contributed by atoms with Gasteiger partial charge in [-0.3, -0.25) is 0 Å². The van der Waals surface area contributed by atoms with Gasteiger partial charge < -0.3 is 15.2 Å². The van der Waals surface area contributed by atoms with Crippen LogP contribution in [-0.2, 0) is 6.42 Å². The second-order valence-electron chi connectivity index (χ2n) is 3.81. The van der Waals surface area contributed by atoms with Crippen LogP contribution in [0.3, 0.4) is 0 Å². The van der Waals surface area contributed by atoms with Gasteiger partial charge in [-0.15, -0.1) is 0 Å². The maximum absolute atomic E-state index is 6.02. The molecule has 0 spiro atoms. The van der Waals surface area contributed by atoms with Crippen molar-refractivity contribution in [2.24, 2.45) is 11.7 Å². The lowest BCUT2D eigenvalue weighted by molar-refractivity contribution is 0.398. The molecule has 94 valence electrons. The van der Waals surface area contributed by atoms with Crippen LogP contribution >= 0.6 is 23.8 Å². The molecule has 0 aliphatic rings. The summed E-state index contributed by atoms with van der Waals surface area (Å²) in [5.74, 6) is 1.45. The first-order chi connectivity index (χ1) is 7.99. The van der Waals surface area contributed by atoms with E-state index >= 15 is 0 Å². The molecule has 0 fully saturated rings. The molecule has 2 N–H and O–H groups in total. The van der Waals surface area contributed by atoms with E-state index in [0.717, 1.165) is 11.3 Å². The van der Waals surface area contributed by atoms with Crippen LogP contribution in [0.15, 0.2) is 12.1 Å². The van der Waals surface area contributed by atoms with Gasteiger partial charge in [0.2, 0.25) is 0 Å². The summed E-state index contributed by atoms with van der Waals surface area (Å²) in [6.45, 7) is 1.98. The number of nitrogens with two attached hydrogens (primary N) is 1. The molecule has 1 unspecified atom stereocenters. The Morgan fingerprint density at radius 2 is 1.94 bits per heavy atom. The highest BCUT2D eigenvalue weighted by Crippen LogP contribution is 2.33. The predicted octanol–water partition coefficient (Wildman–Crippen LogP) is 2.82. The third-order valence-electron chi connectivity index (χ3n) is 2.57. The molecule has 1 atom stereocenters. The molecule has 0 aliphatic heterocycles. The molecule has 1 aromatic rings. The minimum Gasteiger partial charge on any atom is -0.496 e. The lowest BCUT2D eigenvalue weighted by Crippen LogP contribution is -2.20. The number of ether oxygens (including phenoxy) is 2. The van der Waals surface area contributed by atoms with Crippen molar-refractivity contribution in [2.45, 2.75) is 13.3 Å². The van der Waals surface area contributed by atoms with Gasteiger partial charge in [0.25, 0.3) is 0 Å². The van der Waals surface area contributed by atoms with E-state index in [4.69, 9.17) is 39.0 Å². The number of methoxy groups -OCH3 is 2. The summed E-state index contributed by atoms with van der Waals surface area (Å²) in [6.07, 6.45) is 0.700. The summed E-state index contributed by atoms with van der Waals surface area (Å²) in [5, 5.41) is 0.524. The first-order valence-electron chi connectivity index (χ1n) is 5.19. The summed E-state index contributed by atoms with van der Waals surface area (Å²) in [7, 11) is 3.18. The Morgan fingerprint density at radius 1 is 1.35 bits per heavy atom. The van der Waals surface area contributed by atoms with E-state index in [1.807, 2.05) is 13.0 Å². The van der Waals surface area contributed by atoms with Crippen LogP contribution in [0.25, 0.3) is 0 Å². The van der Waals surface area contributed by atoms with Crippen molar-refractivity contribution >= 4 is 28.8 Å². The summed E-state index contributed by atoms with van der Waals surface area (Å²) >= 11 is 11.0. The summed E-state index contributed by atoms with van der Waals surface area (Å²) in [5.41, 5.74) is 6.59. The largest absolute Gasteiger partial charge is 0.496 e. The Morgan fingerprint density at radius 3 is 2.41 bits per heavy atom. The molecule has 0 amide bonds. The molecule has 3 nitrogen and oxygen atoms in total. The molecule has 5 heteroatoms. The Hall–Kier alpha value is -1.00. The van der Waals surface area contributed by atoms with E-state index in [-0.39, 0.29) is 5.92 Å². The molecule has 1 aromatic carbocycles. The average molecular weight is 274 g/mol. The van der Waals surface area contributed by atoms with Crippen LogP contribution in [0.5, 0.6) is 11.5 Å². The molecule has 0 radical (unpaired) electrons. The molecule has 0 bridgehead atoms. The van der Waals surface area contributed by atoms with E-state index in [2.05, 4.69) is 0 Å². The first-order valence-corrected chi connectivity index (χ1v) is 5.98. The van der Waals surface area contributed by atoms with Crippen molar-refractivity contribution in [3.63, 3.8) is 0 Å². The third kappa shape index (κ3) is 3.48. The van der Waals surface area contributed by atoms with Gasteiger partial charge in [0, 0.05) is 12.0 Å². The number of hydrogen-bond donors (Lipinski definition) is 1. The molecular formula is C12H16ClNO2S. The monoisotopic (exact) mass is 273 g/mol. The van der Waals surface area contributed by atoms with Crippen molar-refractivity contribution in [1.29, 1.82) is 0 Å². The summed E-state index contributed by atoms with van der Waals surface area (Å²) in [4.78, 5) is 0.487. The molecule has 17 heavy (non-hydrogen) atoms. The van der Waals surface area contributed by atoms with Crippen molar-refractivity contribution < 1.29 is 9.47 Å². The lowest BCUT2D eigenvalue weighted by Gasteiger charge is -2.15. The van der Waals surface area contributed by atoms with Crippen LogP contribution in [0, 0.1) is 5.92 Å². The number of halogens is 1. The second-order valence-corrected chi connectivity index (χ2v) is 4.68. The van der Waals surface area contributed by atoms with Crippen LogP contribution < -0.4 is 15.2 Å². The maximum Gasteiger partial charge on any atom is 0.137 e. The minimum atomic E-state index is 0.102. The molecule has 0 heterocycles. The van der Waals surface area contributed by atoms with Crippen molar-refractivity contribution in [2.75, 3.05) is 14.2 Å². The predicted molar refractivity (Wildman–Crippen MR) is 74.2 cm³/mol. The van der Waals surface area contributed by atoms with Crippen molar-refractivity contribution in [3.05, 3.63) is 22.7 Å². The van der Waals surface area contributed by atoms with Gasteiger partial charge in [-0.25, -0.2) is 0 Å². The van der Waals surface area contributed by atoms with Gasteiger partial charge in [-0.05, 0) is 18.1 Å². The zero-order valence-electron chi connectivity index (χ0n) is 10.1. The quantitative estimate of drug-likeness (QED) is 0.838. The average Bonchev–Trinajstić information content (AvgIpc) is 2.30. The van der Waals surface area contributed by atoms with Crippen LogP contribution in [0.4, 0.5) is 0 Å². The normalized spacial score (nSPS) is 12.0. The summed E-state index contributed by atoms with van der Waals surface area (Å²) < 4.78 is 10.5. The Bertz CT molecular complexity index is 423. The zero-order chi connectivity index (χ0) is 13.0. The fraction of sp³-hybridized carbons (Fsp3) is 0.417. The van der Waals surface area contributed by atoms with Gasteiger partial charge in [-0.2, -0.15) is 0 Å². The van der Waals surface area contributed by atoms with E-state index in [0.29, 0.717) is 22.2 Å². The Labute approximate surface area is 112 Å². The van der Waals surface area contributed by atoms with Gasteiger partial charge in [0.05, 0.1) is 24.2 Å². The summed E-state index contributed by atoms with van der Waals surface area (Å²) in [6, 6.07) is 3.60. The highest BCUT2D eigenvalue weighted by molar-refractivity contribution is 7.80.